The highest BCUT2D eigenvalue weighted by molar-refractivity contribution is 5.32. The highest BCUT2D eigenvalue weighted by Gasteiger charge is 2.27. The molecule has 1 saturated heterocycles. The number of benzene rings is 1. The molecule has 102 valence electrons. The Kier molecular flexibility index (Phi) is 4.92. The Bertz CT molecular complexity index is 455. The first-order valence-electron chi connectivity index (χ1n) is 6.72. The minimum atomic E-state index is 0.329. The Morgan fingerprint density at radius 3 is 3.05 bits per heavy atom. The predicted octanol–water partition coefficient (Wildman–Crippen LogP) is 1.50. The molecule has 0 aliphatic carbocycles. The van der Waals surface area contributed by atoms with Gasteiger partial charge in [-0.2, -0.15) is 5.26 Å². The zero-order valence-electron chi connectivity index (χ0n) is 11.4. The van der Waals surface area contributed by atoms with Gasteiger partial charge < -0.3 is 10.5 Å². The van der Waals surface area contributed by atoms with Gasteiger partial charge in [0.25, 0.3) is 0 Å². The fourth-order valence-electron chi connectivity index (χ4n) is 2.70. The normalized spacial score (nSPS) is 24.1. The molecule has 1 aliphatic heterocycles. The third-order valence-corrected chi connectivity index (χ3v) is 3.84. The van der Waals surface area contributed by atoms with Crippen LogP contribution >= 0.6 is 0 Å². The average molecular weight is 259 g/mol. The number of methoxy groups -OCH3 is 1. The number of rotatable bonds is 4. The molecule has 1 fully saturated rings. The summed E-state index contributed by atoms with van der Waals surface area (Å²) < 4.78 is 5.43. The van der Waals surface area contributed by atoms with Crippen LogP contribution in [0.25, 0.3) is 0 Å². The third kappa shape index (κ3) is 3.54. The second-order valence-corrected chi connectivity index (χ2v) is 5.05. The van der Waals surface area contributed by atoms with E-state index < -0.39 is 0 Å². The predicted molar refractivity (Wildman–Crippen MR) is 74.4 cm³/mol. The van der Waals surface area contributed by atoms with Crippen molar-refractivity contribution in [3.63, 3.8) is 0 Å². The second-order valence-electron chi connectivity index (χ2n) is 5.05. The van der Waals surface area contributed by atoms with Crippen molar-refractivity contribution in [2.75, 3.05) is 20.2 Å². The minimum Gasteiger partial charge on any atom is -0.381 e. The van der Waals surface area contributed by atoms with Crippen molar-refractivity contribution in [1.29, 1.82) is 5.26 Å². The molecule has 4 nitrogen and oxygen atoms in total. The fourth-order valence-corrected chi connectivity index (χ4v) is 2.70. The van der Waals surface area contributed by atoms with Crippen LogP contribution in [0.1, 0.15) is 24.0 Å². The van der Waals surface area contributed by atoms with E-state index in [1.54, 1.807) is 7.11 Å². The fraction of sp³-hybridized carbons (Fsp3) is 0.533. The van der Waals surface area contributed by atoms with Crippen molar-refractivity contribution < 1.29 is 4.74 Å². The van der Waals surface area contributed by atoms with Crippen molar-refractivity contribution in [1.82, 2.24) is 4.90 Å². The number of hydrogen-bond acceptors (Lipinski definition) is 4. The Morgan fingerprint density at radius 2 is 2.37 bits per heavy atom. The maximum absolute atomic E-state index is 8.93. The van der Waals surface area contributed by atoms with Gasteiger partial charge in [0.1, 0.15) is 0 Å². The molecule has 0 amide bonds. The summed E-state index contributed by atoms with van der Waals surface area (Å²) in [6.07, 6.45) is 2.37. The van der Waals surface area contributed by atoms with Gasteiger partial charge in [0.05, 0.1) is 17.7 Å². The Balaban J connectivity index is 2.03. The van der Waals surface area contributed by atoms with Crippen molar-refractivity contribution in [2.24, 2.45) is 5.73 Å². The molecule has 2 N–H and O–H groups in total. The Morgan fingerprint density at radius 1 is 1.53 bits per heavy atom. The second kappa shape index (κ2) is 6.67. The monoisotopic (exact) mass is 259 g/mol. The lowest BCUT2D eigenvalue weighted by molar-refractivity contribution is 0.0102. The lowest BCUT2D eigenvalue weighted by Crippen LogP contribution is -2.47. The van der Waals surface area contributed by atoms with Crippen molar-refractivity contribution in [2.45, 2.75) is 31.5 Å². The maximum atomic E-state index is 8.93. The zero-order valence-corrected chi connectivity index (χ0v) is 11.4. The van der Waals surface area contributed by atoms with Gasteiger partial charge in [0.2, 0.25) is 0 Å². The third-order valence-electron chi connectivity index (χ3n) is 3.84. The van der Waals surface area contributed by atoms with Gasteiger partial charge in [-0.05, 0) is 30.5 Å². The number of nitrogens with two attached hydrogens (primary N) is 1. The largest absolute Gasteiger partial charge is 0.381 e. The molecule has 0 radical (unpaired) electrons. The van der Waals surface area contributed by atoms with Crippen LogP contribution in [0, 0.1) is 11.3 Å². The van der Waals surface area contributed by atoms with Crippen LogP contribution in [0.5, 0.6) is 0 Å². The molecule has 2 atom stereocenters. The van der Waals surface area contributed by atoms with E-state index in [9.17, 15) is 0 Å². The van der Waals surface area contributed by atoms with Gasteiger partial charge in [-0.15, -0.1) is 0 Å². The van der Waals surface area contributed by atoms with Gasteiger partial charge >= 0.3 is 0 Å². The van der Waals surface area contributed by atoms with E-state index in [0.29, 0.717) is 24.3 Å². The van der Waals surface area contributed by atoms with Gasteiger partial charge in [0.15, 0.2) is 0 Å². The van der Waals surface area contributed by atoms with Crippen LogP contribution in [0.3, 0.4) is 0 Å². The van der Waals surface area contributed by atoms with E-state index in [-0.39, 0.29) is 0 Å². The SMILES string of the molecule is COC1CCN(Cc2cccc(C#N)c2)C(CN)C1. The number of nitriles is 1. The standard InChI is InChI=1S/C15H21N3O/c1-19-15-5-6-18(14(8-15)10-17)11-13-4-2-3-12(7-13)9-16/h2-4,7,14-15H,5-6,8,10-11,17H2,1H3. The summed E-state index contributed by atoms with van der Waals surface area (Å²) in [5.41, 5.74) is 7.76. The van der Waals surface area contributed by atoms with Crippen LogP contribution < -0.4 is 5.73 Å². The quantitative estimate of drug-likeness (QED) is 0.890. The Labute approximate surface area is 114 Å². The molecule has 0 bridgehead atoms. The van der Waals surface area contributed by atoms with Crippen LogP contribution in [0.15, 0.2) is 24.3 Å². The van der Waals surface area contributed by atoms with E-state index in [1.165, 1.54) is 5.56 Å². The summed E-state index contributed by atoms with van der Waals surface area (Å²) in [6, 6.07) is 10.3. The van der Waals surface area contributed by atoms with Crippen LogP contribution in [0.4, 0.5) is 0 Å². The summed E-state index contributed by atoms with van der Waals surface area (Å²) in [7, 11) is 1.77. The summed E-state index contributed by atoms with van der Waals surface area (Å²) in [4.78, 5) is 2.39. The molecule has 1 aromatic rings. The molecule has 19 heavy (non-hydrogen) atoms. The molecule has 1 heterocycles. The molecule has 2 rings (SSSR count). The molecular weight excluding hydrogens is 238 g/mol. The molecule has 1 aromatic carbocycles. The Hall–Kier alpha value is -1.41. The minimum absolute atomic E-state index is 0.329. The number of ether oxygens (including phenoxy) is 1. The van der Waals surface area contributed by atoms with Crippen LogP contribution in [-0.2, 0) is 11.3 Å². The van der Waals surface area contributed by atoms with Gasteiger partial charge in [-0.25, -0.2) is 0 Å². The lowest BCUT2D eigenvalue weighted by atomic mass is 9.98. The first-order chi connectivity index (χ1) is 9.26. The smallest absolute Gasteiger partial charge is 0.0991 e. The first kappa shape index (κ1) is 14.0. The first-order valence-corrected chi connectivity index (χ1v) is 6.72. The summed E-state index contributed by atoms with van der Waals surface area (Å²) in [6.45, 7) is 2.50. The van der Waals surface area contributed by atoms with E-state index in [0.717, 1.165) is 25.9 Å². The number of hydrogen-bond donors (Lipinski definition) is 1. The van der Waals surface area contributed by atoms with E-state index >= 15 is 0 Å². The zero-order chi connectivity index (χ0) is 13.7. The van der Waals surface area contributed by atoms with Crippen molar-refractivity contribution in [3.8, 4) is 6.07 Å². The lowest BCUT2D eigenvalue weighted by Gasteiger charge is -2.38. The molecule has 0 aromatic heterocycles. The van der Waals surface area contributed by atoms with Crippen molar-refractivity contribution >= 4 is 0 Å². The maximum Gasteiger partial charge on any atom is 0.0991 e. The van der Waals surface area contributed by atoms with Crippen molar-refractivity contribution in [3.05, 3.63) is 35.4 Å². The molecular formula is C15H21N3O. The van der Waals surface area contributed by atoms with Gasteiger partial charge in [-0.1, -0.05) is 12.1 Å². The summed E-state index contributed by atoms with van der Waals surface area (Å²) >= 11 is 0. The van der Waals surface area contributed by atoms with E-state index in [4.69, 9.17) is 15.7 Å². The van der Waals surface area contributed by atoms with Crippen LogP contribution in [-0.4, -0.2) is 37.2 Å². The number of nitrogens with zero attached hydrogens (tertiary/aromatic N) is 2. The molecule has 0 saturated carbocycles. The van der Waals surface area contributed by atoms with Gasteiger partial charge in [0, 0.05) is 32.8 Å². The topological polar surface area (TPSA) is 62.3 Å². The number of likely N-dealkylation sites (tertiary alicyclic amines) is 1. The highest BCUT2D eigenvalue weighted by atomic mass is 16.5. The van der Waals surface area contributed by atoms with Crippen LogP contribution in [0.2, 0.25) is 0 Å². The highest BCUT2D eigenvalue weighted by Crippen LogP contribution is 2.21. The average Bonchev–Trinajstić information content (AvgIpc) is 2.48. The molecule has 1 aliphatic rings. The molecule has 4 heteroatoms. The van der Waals surface area contributed by atoms with Gasteiger partial charge in [-0.3, -0.25) is 4.90 Å². The summed E-state index contributed by atoms with van der Waals surface area (Å²) in [5, 5.41) is 8.93. The molecule has 2 unspecified atom stereocenters. The summed E-state index contributed by atoms with van der Waals surface area (Å²) in [5.74, 6) is 0. The molecule has 0 spiro atoms. The van der Waals surface area contributed by atoms with E-state index in [2.05, 4.69) is 17.0 Å². The van der Waals surface area contributed by atoms with E-state index in [1.807, 2.05) is 18.2 Å². The number of piperidine rings is 1.